The average molecular weight is 1170 g/mol. The van der Waals surface area contributed by atoms with Crippen molar-refractivity contribution in [3.8, 4) is 33.8 Å². The van der Waals surface area contributed by atoms with Crippen LogP contribution in [0.15, 0.2) is 216 Å². The van der Waals surface area contributed by atoms with Gasteiger partial charge in [-0.25, -0.2) is 0 Å². The Bertz CT molecular complexity index is 3060. The van der Waals surface area contributed by atoms with Crippen LogP contribution < -0.4 is 9.80 Å². The van der Waals surface area contributed by atoms with Crippen molar-refractivity contribution in [2.75, 3.05) is 9.80 Å². The third-order valence-corrected chi connectivity index (χ3v) is 13.6. The molecule has 75 heavy (non-hydrogen) atoms. The van der Waals surface area contributed by atoms with E-state index >= 15 is 0 Å². The van der Waals surface area contributed by atoms with Gasteiger partial charge in [0.1, 0.15) is 11.5 Å². The van der Waals surface area contributed by atoms with Crippen molar-refractivity contribution in [2.45, 2.75) is 79.1 Å². The van der Waals surface area contributed by atoms with Crippen LogP contribution in [-0.4, -0.2) is 22.6 Å². The van der Waals surface area contributed by atoms with Crippen molar-refractivity contribution in [3.63, 3.8) is 0 Å². The maximum atomic E-state index is 11.7. The first-order valence-corrected chi connectivity index (χ1v) is 25.9. The molecule has 2 N–H and O–H groups in total. The van der Waals surface area contributed by atoms with Gasteiger partial charge in [0.15, 0.2) is 0 Å². The minimum absolute atomic E-state index is 0. The molecule has 7 heteroatoms. The van der Waals surface area contributed by atoms with E-state index in [1.54, 1.807) is 12.4 Å². The van der Waals surface area contributed by atoms with Crippen LogP contribution in [0.1, 0.15) is 112 Å². The van der Waals surface area contributed by atoms with Crippen LogP contribution in [0.2, 0.25) is 0 Å². The molecule has 9 rings (SSSR count). The van der Waals surface area contributed by atoms with Crippen molar-refractivity contribution in [3.05, 3.63) is 240 Å². The van der Waals surface area contributed by atoms with E-state index < -0.39 is 0 Å². The fourth-order valence-corrected chi connectivity index (χ4v) is 9.87. The first-order valence-electron chi connectivity index (χ1n) is 25.9. The molecule has 9 aromatic carbocycles. The van der Waals surface area contributed by atoms with E-state index in [4.69, 9.17) is 9.98 Å². The molecule has 0 heterocycles. The van der Waals surface area contributed by atoms with E-state index in [-0.39, 0.29) is 56.2 Å². The molecule has 0 aliphatic carbocycles. The van der Waals surface area contributed by atoms with Crippen molar-refractivity contribution >= 4 is 57.9 Å². The van der Waals surface area contributed by atoms with Gasteiger partial charge in [0.2, 0.25) is 0 Å². The summed E-state index contributed by atoms with van der Waals surface area (Å²) < 4.78 is 0. The zero-order chi connectivity index (χ0) is 51.9. The quantitative estimate of drug-likeness (QED) is 0.0946. The average Bonchev–Trinajstić information content (AvgIpc) is 3.41. The molecule has 0 atom stereocenters. The summed E-state index contributed by atoms with van der Waals surface area (Å²) in [6.45, 7) is 17.9. The number of aromatic hydroxyl groups is 2. The Morgan fingerprint density at radius 3 is 0.853 bits per heavy atom. The summed E-state index contributed by atoms with van der Waals surface area (Å²) >= 11 is 0. The van der Waals surface area contributed by atoms with Crippen LogP contribution in [0.4, 0.5) is 45.5 Å². The van der Waals surface area contributed by atoms with Crippen molar-refractivity contribution < 1.29 is 31.3 Å². The van der Waals surface area contributed by atoms with E-state index in [2.05, 4.69) is 199 Å². The number of nitrogens with zero attached hydrogens (tertiary/aromatic N) is 4. The summed E-state index contributed by atoms with van der Waals surface area (Å²) in [5.74, 6) is 1.12. The van der Waals surface area contributed by atoms with E-state index in [0.29, 0.717) is 22.5 Å². The molecule has 0 unspecified atom stereocenters. The molecule has 0 aromatic heterocycles. The molecule has 0 saturated heterocycles. The molecular formula is C68H66N4O2Pt. The molecule has 0 bridgehead atoms. The Balaban J connectivity index is 0.00000747. The molecular weight excluding hydrogens is 1100 g/mol. The van der Waals surface area contributed by atoms with Crippen molar-refractivity contribution in [1.82, 2.24) is 0 Å². The molecule has 0 fully saturated rings. The van der Waals surface area contributed by atoms with Gasteiger partial charge in [-0.3, -0.25) is 9.98 Å². The second-order valence-electron chi connectivity index (χ2n) is 20.2. The maximum Gasteiger partial charge on any atom is 0.124 e. The van der Waals surface area contributed by atoms with Crippen LogP contribution in [0.3, 0.4) is 0 Å². The minimum Gasteiger partial charge on any atom is -0.507 e. The van der Waals surface area contributed by atoms with Crippen molar-refractivity contribution in [2.24, 2.45) is 9.98 Å². The van der Waals surface area contributed by atoms with Gasteiger partial charge >= 0.3 is 0 Å². The maximum absolute atomic E-state index is 11.7. The molecule has 0 saturated carbocycles. The van der Waals surface area contributed by atoms with E-state index in [9.17, 15) is 10.2 Å². The number of para-hydroxylation sites is 6. The Morgan fingerprint density at radius 2 is 0.600 bits per heavy atom. The molecule has 0 spiro atoms. The second-order valence-corrected chi connectivity index (χ2v) is 20.2. The summed E-state index contributed by atoms with van der Waals surface area (Å²) in [7, 11) is 0. The third-order valence-electron chi connectivity index (χ3n) is 13.6. The van der Waals surface area contributed by atoms with Crippen molar-refractivity contribution in [1.29, 1.82) is 0 Å². The van der Waals surface area contributed by atoms with Crippen LogP contribution >= 0.6 is 0 Å². The van der Waals surface area contributed by atoms with Crippen LogP contribution in [0.25, 0.3) is 22.3 Å². The number of aliphatic imine (C=N–C) groups is 2. The molecule has 0 amide bonds. The first kappa shape index (κ1) is 53.5. The van der Waals surface area contributed by atoms with Crippen LogP contribution in [0, 0.1) is 0 Å². The molecule has 6 nitrogen and oxygen atoms in total. The summed E-state index contributed by atoms with van der Waals surface area (Å²) in [4.78, 5) is 14.3. The van der Waals surface area contributed by atoms with Gasteiger partial charge in [-0.1, -0.05) is 152 Å². The predicted octanol–water partition coefficient (Wildman–Crippen LogP) is 19.4. The number of rotatable bonds is 16. The number of anilines is 6. The van der Waals surface area contributed by atoms with Gasteiger partial charge in [-0.05, 0) is 177 Å². The van der Waals surface area contributed by atoms with Gasteiger partial charge in [0.25, 0.3) is 0 Å². The van der Waals surface area contributed by atoms with Crippen LogP contribution in [0.5, 0.6) is 11.5 Å². The predicted molar refractivity (Wildman–Crippen MR) is 314 cm³/mol. The second kappa shape index (κ2) is 24.0. The van der Waals surface area contributed by atoms with Gasteiger partial charge in [0, 0.05) is 78.7 Å². The smallest absolute Gasteiger partial charge is 0.124 e. The minimum atomic E-state index is 0. The summed E-state index contributed by atoms with van der Waals surface area (Å²) in [5, 5.41) is 23.3. The Hall–Kier alpha value is -7.79. The fourth-order valence-electron chi connectivity index (χ4n) is 9.87. The fraction of sp³-hybridized carbons (Fsp3) is 0.176. The number of benzene rings is 9. The summed E-state index contributed by atoms with van der Waals surface area (Å²) in [6, 6.07) is 70.6. The largest absolute Gasteiger partial charge is 0.507 e. The monoisotopic (exact) mass is 1170 g/mol. The number of hydrogen-bond acceptors (Lipinski definition) is 6. The molecule has 380 valence electrons. The van der Waals surface area contributed by atoms with E-state index in [0.717, 1.165) is 56.4 Å². The first-order chi connectivity index (χ1) is 35.9. The standard InChI is InChI=1S/C68H66N4O2.Pt/c1-45(2)59-39-57(71(53-23-13-9-14-24-53)54-25-15-10-16-26-54)40-60(46(3)4)67(59)49-33-35-51(65(73)37-49)43-69-63-31-21-22-32-64(63)70-44-52-36-34-50(38-66(52)74)68-61(47(5)6)41-58(42-62(68)48(7)8)72(55-27-17-11-18-28-55)56-29-19-12-20-30-56;/h9-48,73-74H,1-8H3;. The zero-order valence-electron chi connectivity index (χ0n) is 44.1. The normalized spacial score (nSPS) is 11.6. The molecule has 9 aromatic rings. The Kier molecular flexibility index (Phi) is 17.2. The molecule has 0 aliphatic heterocycles. The van der Waals surface area contributed by atoms with E-state index in [1.165, 1.54) is 22.3 Å². The topological polar surface area (TPSA) is 71.7 Å². The SMILES string of the molecule is CC(C)c1cc(N(c2ccccc2)c2ccccc2)cc(C(C)C)c1-c1ccc(C=Nc2ccccc2N=Cc2ccc(-c3c(C(C)C)cc(N(c4ccccc4)c4ccccc4)cc3C(C)C)cc2O)c(O)c1.[Pt]. The summed E-state index contributed by atoms with van der Waals surface area (Å²) in [5.41, 5.74) is 18.0. The summed E-state index contributed by atoms with van der Waals surface area (Å²) in [6.07, 6.45) is 3.38. The Labute approximate surface area is 458 Å². The van der Waals surface area contributed by atoms with Gasteiger partial charge in [-0.15, -0.1) is 0 Å². The van der Waals surface area contributed by atoms with Gasteiger partial charge in [-0.2, -0.15) is 0 Å². The van der Waals surface area contributed by atoms with Crippen LogP contribution in [-0.2, 0) is 21.1 Å². The number of phenols is 2. The van der Waals surface area contributed by atoms with E-state index in [1.807, 2.05) is 72.8 Å². The number of hydrogen-bond donors (Lipinski definition) is 2. The molecule has 0 aliphatic rings. The Morgan fingerprint density at radius 1 is 0.333 bits per heavy atom. The van der Waals surface area contributed by atoms with Gasteiger partial charge in [0.05, 0.1) is 11.4 Å². The molecule has 0 radical (unpaired) electrons. The zero-order valence-corrected chi connectivity index (χ0v) is 46.4. The van der Waals surface area contributed by atoms with Gasteiger partial charge < -0.3 is 20.0 Å². The number of phenolic OH excluding ortho intramolecular Hbond substituents is 2. The third kappa shape index (κ3) is 11.9.